The number of fused-ring (bicyclic) bond motifs is 1. The van der Waals surface area contributed by atoms with Gasteiger partial charge in [-0.1, -0.05) is 6.07 Å². The topological polar surface area (TPSA) is 336 Å². The maximum Gasteiger partial charge on any atom is 0.330 e. The van der Waals surface area contributed by atoms with Gasteiger partial charge in [-0.3, -0.25) is 4.79 Å². The minimum atomic E-state index is -2.05. The molecule has 20 heteroatoms. The predicted molar refractivity (Wildman–Crippen MR) is 184 cm³/mol. The van der Waals surface area contributed by atoms with Gasteiger partial charge in [0.1, 0.15) is 66.1 Å². The molecule has 3 aromatic carbocycles. The number of esters is 1. The Balaban J connectivity index is 1.24. The lowest BCUT2D eigenvalue weighted by molar-refractivity contribution is -0.358. The Labute approximate surface area is 313 Å². The van der Waals surface area contributed by atoms with Crippen LogP contribution in [0, 0.1) is 0 Å². The van der Waals surface area contributed by atoms with Crippen LogP contribution >= 0.6 is 0 Å². The molecule has 6 rings (SSSR count). The molecule has 0 saturated carbocycles. The Hall–Kier alpha value is -5.68. The number of carbonyl (C=O) groups is 1. The summed E-state index contributed by atoms with van der Waals surface area (Å²) < 4.78 is 33.5. The third-order valence-corrected chi connectivity index (χ3v) is 9.02. The van der Waals surface area contributed by atoms with Gasteiger partial charge in [0.25, 0.3) is 0 Å². The average molecular weight is 789 g/mol. The lowest BCUT2D eigenvalue weighted by Gasteiger charge is -2.45. The Morgan fingerprint density at radius 3 is 2.05 bits per heavy atom. The van der Waals surface area contributed by atoms with Crippen molar-refractivity contribution in [1.82, 2.24) is 0 Å². The maximum absolute atomic E-state index is 13.0. The molecule has 0 unspecified atom stereocenters. The monoisotopic (exact) mass is 788 g/mol. The number of benzene rings is 3. The molecule has 2 aliphatic rings. The Kier molecular flexibility index (Phi) is 11.6. The van der Waals surface area contributed by atoms with E-state index in [0.29, 0.717) is 5.56 Å². The molecule has 300 valence electrons. The molecular weight excluding hydrogens is 752 g/mol. The summed E-state index contributed by atoms with van der Waals surface area (Å²) in [6.45, 7) is -1.62. The second-order valence-electron chi connectivity index (χ2n) is 12.8. The third kappa shape index (κ3) is 8.00. The Morgan fingerprint density at radius 2 is 1.38 bits per heavy atom. The first-order valence-electron chi connectivity index (χ1n) is 16.6. The van der Waals surface area contributed by atoms with E-state index in [1.807, 2.05) is 0 Å². The highest BCUT2D eigenvalue weighted by molar-refractivity contribution is 5.89. The van der Waals surface area contributed by atoms with Crippen LogP contribution in [0.5, 0.6) is 40.2 Å². The molecule has 2 fully saturated rings. The lowest BCUT2D eigenvalue weighted by Crippen LogP contribution is -2.65. The van der Waals surface area contributed by atoms with Gasteiger partial charge in [-0.15, -0.1) is 0 Å². The summed E-state index contributed by atoms with van der Waals surface area (Å²) in [4.78, 5) is 25.4. The van der Waals surface area contributed by atoms with Crippen LogP contribution in [0.2, 0.25) is 0 Å². The molecule has 12 N–H and O–H groups in total. The van der Waals surface area contributed by atoms with Crippen molar-refractivity contribution in [3.63, 3.8) is 0 Å². The largest absolute Gasteiger partial charge is 0.504 e. The molecule has 3 heterocycles. The average Bonchev–Trinajstić information content (AvgIpc) is 3.17. The molecule has 0 radical (unpaired) electrons. The molecule has 2 aliphatic heterocycles. The summed E-state index contributed by atoms with van der Waals surface area (Å²) in [5, 5.41) is 123. The van der Waals surface area contributed by atoms with E-state index in [2.05, 4.69) is 0 Å². The standard InChI is InChI=1S/C36H36O20/c37-11-23-28(45)32(49)34(56-35-33(50)31(48)29(46)24(55-35)12-51-25(43)6-2-13-1-4-15(38)17(40)7-13)36(54-23)53-22-10-21-26(30(47)27(22)44)19(42)9-20(52-21)14-3-5-16(39)18(41)8-14/h1-10,23-24,28-29,31-41,44-50H,11-12H2/b6-2+/t23-,24-,28-,29-,31+,32+,33-,34-,35+,36-/m1/s1. The quantitative estimate of drug-likeness (QED) is 0.0519. The number of hydrogen-bond acceptors (Lipinski definition) is 20. The normalized spacial score (nSPS) is 28.0. The van der Waals surface area contributed by atoms with Crippen LogP contribution < -0.4 is 10.2 Å². The van der Waals surface area contributed by atoms with E-state index < -0.39 is 126 Å². The zero-order valence-electron chi connectivity index (χ0n) is 28.6. The number of aliphatic hydroxyl groups excluding tert-OH is 6. The highest BCUT2D eigenvalue weighted by Crippen LogP contribution is 2.43. The zero-order valence-corrected chi connectivity index (χ0v) is 28.6. The second-order valence-corrected chi connectivity index (χ2v) is 12.8. The summed E-state index contributed by atoms with van der Waals surface area (Å²) in [6.07, 6.45) is -16.6. The van der Waals surface area contributed by atoms with Crippen LogP contribution in [0.25, 0.3) is 28.4 Å². The van der Waals surface area contributed by atoms with E-state index in [4.69, 9.17) is 28.1 Å². The van der Waals surface area contributed by atoms with Gasteiger partial charge in [0.15, 0.2) is 52.3 Å². The molecular formula is C36H36O20. The van der Waals surface area contributed by atoms with Crippen LogP contribution in [-0.4, -0.2) is 142 Å². The molecule has 2 saturated heterocycles. The number of rotatable bonds is 10. The number of carbonyl (C=O) groups excluding carboxylic acids is 1. The zero-order chi connectivity index (χ0) is 40.6. The highest BCUT2D eigenvalue weighted by Gasteiger charge is 2.52. The third-order valence-electron chi connectivity index (χ3n) is 9.02. The van der Waals surface area contributed by atoms with Gasteiger partial charge in [0.2, 0.25) is 12.0 Å². The minimum absolute atomic E-state index is 0.124. The Bertz CT molecular complexity index is 2170. The van der Waals surface area contributed by atoms with E-state index >= 15 is 0 Å². The van der Waals surface area contributed by atoms with Crippen molar-refractivity contribution in [2.75, 3.05) is 13.2 Å². The number of phenols is 6. The predicted octanol–water partition coefficient (Wildman–Crippen LogP) is -1.04. The molecule has 56 heavy (non-hydrogen) atoms. The van der Waals surface area contributed by atoms with E-state index in [0.717, 1.165) is 36.4 Å². The number of hydrogen-bond donors (Lipinski definition) is 12. The number of aromatic hydroxyl groups is 6. The molecule has 10 atom stereocenters. The smallest absolute Gasteiger partial charge is 0.330 e. The number of phenolic OH excluding ortho intramolecular Hbond substituents is 6. The molecule has 20 nitrogen and oxygen atoms in total. The van der Waals surface area contributed by atoms with Crippen molar-refractivity contribution in [3.05, 3.63) is 70.4 Å². The summed E-state index contributed by atoms with van der Waals surface area (Å²) in [5.41, 5.74) is -0.792. The number of aliphatic hydroxyl groups is 6. The van der Waals surface area contributed by atoms with Crippen molar-refractivity contribution in [2.24, 2.45) is 0 Å². The minimum Gasteiger partial charge on any atom is -0.504 e. The summed E-state index contributed by atoms with van der Waals surface area (Å²) in [5.74, 6) is -5.66. The fraction of sp³-hybridized carbons (Fsp3) is 0.333. The van der Waals surface area contributed by atoms with Gasteiger partial charge in [0, 0.05) is 23.8 Å². The van der Waals surface area contributed by atoms with Crippen LogP contribution in [0.3, 0.4) is 0 Å². The van der Waals surface area contributed by atoms with E-state index in [-0.39, 0.29) is 22.7 Å². The second kappa shape index (κ2) is 16.2. The lowest BCUT2D eigenvalue weighted by atomic mass is 9.97. The fourth-order valence-corrected chi connectivity index (χ4v) is 5.94. The van der Waals surface area contributed by atoms with Gasteiger partial charge in [-0.2, -0.15) is 0 Å². The van der Waals surface area contributed by atoms with E-state index in [1.54, 1.807) is 0 Å². The van der Waals surface area contributed by atoms with E-state index in [1.165, 1.54) is 24.3 Å². The first-order valence-corrected chi connectivity index (χ1v) is 16.6. The van der Waals surface area contributed by atoms with Crippen LogP contribution in [0.1, 0.15) is 5.56 Å². The summed E-state index contributed by atoms with van der Waals surface area (Å²) in [7, 11) is 0. The molecule has 0 aliphatic carbocycles. The van der Waals surface area contributed by atoms with Crippen LogP contribution in [0.4, 0.5) is 0 Å². The maximum atomic E-state index is 13.0. The Morgan fingerprint density at radius 1 is 0.714 bits per heavy atom. The first kappa shape index (κ1) is 40.0. The SMILES string of the molecule is O=C(/C=C/c1ccc(O)c(O)c1)OC[C@H]1O[C@@H](O[C@H]2[C@H](Oc3cc4oc(-c5ccc(O)c(O)c5)cc(=O)c4c(O)c3O)O[C@H](CO)[C@@H](O)[C@@H]2O)[C@H](O)[C@@H](O)[C@@H]1O. The van der Waals surface area contributed by atoms with Crippen molar-refractivity contribution in [1.29, 1.82) is 0 Å². The molecule has 1 aromatic heterocycles. The van der Waals surface area contributed by atoms with Crippen molar-refractivity contribution in [3.8, 4) is 51.6 Å². The summed E-state index contributed by atoms with van der Waals surface area (Å²) >= 11 is 0. The van der Waals surface area contributed by atoms with Gasteiger partial charge in [-0.25, -0.2) is 4.79 Å². The van der Waals surface area contributed by atoms with Crippen molar-refractivity contribution in [2.45, 2.75) is 61.4 Å². The van der Waals surface area contributed by atoms with Gasteiger partial charge >= 0.3 is 5.97 Å². The molecule has 4 aromatic rings. The van der Waals surface area contributed by atoms with Crippen molar-refractivity contribution >= 4 is 23.0 Å². The molecule has 0 spiro atoms. The van der Waals surface area contributed by atoms with Gasteiger partial charge in [-0.05, 0) is 42.0 Å². The van der Waals surface area contributed by atoms with Gasteiger partial charge < -0.3 is 89.4 Å². The first-order chi connectivity index (χ1) is 26.6. The van der Waals surface area contributed by atoms with E-state index in [9.17, 15) is 70.9 Å². The fourth-order valence-electron chi connectivity index (χ4n) is 5.94. The van der Waals surface area contributed by atoms with Crippen LogP contribution in [-0.2, 0) is 23.7 Å². The van der Waals surface area contributed by atoms with Crippen molar-refractivity contribution < 1.29 is 94.2 Å². The molecule has 0 amide bonds. The summed E-state index contributed by atoms with van der Waals surface area (Å²) in [6, 6.07) is 9.15. The molecule has 0 bridgehead atoms. The van der Waals surface area contributed by atoms with Crippen LogP contribution in [0.15, 0.2) is 63.8 Å². The highest BCUT2D eigenvalue weighted by atomic mass is 16.8. The number of ether oxygens (including phenoxy) is 5. The van der Waals surface area contributed by atoms with Gasteiger partial charge in [0.05, 0.1) is 6.61 Å².